The summed E-state index contributed by atoms with van der Waals surface area (Å²) >= 11 is 0. The van der Waals surface area contributed by atoms with Crippen LogP contribution in [-0.4, -0.2) is 17.9 Å². The normalized spacial score (nSPS) is 12.8. The smallest absolute Gasteiger partial charge is 0.331 e. The summed E-state index contributed by atoms with van der Waals surface area (Å²) in [6.45, 7) is 5.37. The van der Waals surface area contributed by atoms with Crippen LogP contribution in [0.3, 0.4) is 0 Å². The fourth-order valence-corrected chi connectivity index (χ4v) is 1.46. The summed E-state index contributed by atoms with van der Waals surface area (Å²) in [6.07, 6.45) is 5.59. The molecular weight excluding hydrogens is 240 g/mol. The fraction of sp³-hybridized carbons (Fsp3) is 0.250. The molecule has 1 atom stereocenters. The van der Waals surface area contributed by atoms with Gasteiger partial charge in [0.15, 0.2) is 6.10 Å². The van der Waals surface area contributed by atoms with E-state index in [1.165, 1.54) is 6.08 Å². The van der Waals surface area contributed by atoms with Gasteiger partial charge in [-0.05, 0) is 20.8 Å². The summed E-state index contributed by atoms with van der Waals surface area (Å²) < 4.78 is 5.03. The number of benzene rings is 1. The third kappa shape index (κ3) is 4.92. The van der Waals surface area contributed by atoms with E-state index in [1.54, 1.807) is 37.3 Å². The second-order valence-electron chi connectivity index (χ2n) is 4.19. The highest BCUT2D eigenvalue weighted by Gasteiger charge is 2.18. The molecule has 0 aromatic heterocycles. The molecular formula is C16H18O3. The second-order valence-corrected chi connectivity index (χ2v) is 4.19. The Hall–Kier alpha value is -2.16. The minimum absolute atomic E-state index is 0.201. The molecule has 1 rings (SSSR count). The van der Waals surface area contributed by atoms with Crippen molar-refractivity contribution in [3.05, 3.63) is 59.7 Å². The molecule has 0 bridgehead atoms. The first kappa shape index (κ1) is 14.9. The third-order valence-corrected chi connectivity index (χ3v) is 2.53. The lowest BCUT2D eigenvalue weighted by Gasteiger charge is -2.10. The van der Waals surface area contributed by atoms with Crippen LogP contribution in [-0.2, 0) is 9.53 Å². The number of hydrogen-bond acceptors (Lipinski definition) is 3. The van der Waals surface area contributed by atoms with Gasteiger partial charge >= 0.3 is 5.97 Å². The molecule has 0 aliphatic heterocycles. The summed E-state index contributed by atoms with van der Waals surface area (Å²) in [4.78, 5) is 23.4. The maximum Gasteiger partial charge on any atom is 0.331 e. The van der Waals surface area contributed by atoms with Crippen LogP contribution in [0.4, 0.5) is 0 Å². The molecule has 0 saturated carbocycles. The van der Waals surface area contributed by atoms with Gasteiger partial charge in [0.05, 0.1) is 0 Å². The predicted molar refractivity (Wildman–Crippen MR) is 75.0 cm³/mol. The van der Waals surface area contributed by atoms with Gasteiger partial charge in [-0.15, -0.1) is 0 Å². The highest BCUT2D eigenvalue weighted by Crippen LogP contribution is 2.08. The van der Waals surface area contributed by atoms with E-state index in [1.807, 2.05) is 26.0 Å². The Labute approximate surface area is 113 Å². The van der Waals surface area contributed by atoms with E-state index in [4.69, 9.17) is 4.74 Å². The van der Waals surface area contributed by atoms with Crippen LogP contribution in [0.15, 0.2) is 48.6 Å². The van der Waals surface area contributed by atoms with E-state index in [0.717, 1.165) is 5.56 Å². The maximum atomic E-state index is 12.0. The number of carbonyl (C=O) groups excluding carboxylic acids is 2. The molecule has 0 fully saturated rings. The summed E-state index contributed by atoms with van der Waals surface area (Å²) in [7, 11) is 0. The molecule has 100 valence electrons. The number of rotatable bonds is 5. The first-order valence-electron chi connectivity index (χ1n) is 6.15. The van der Waals surface area contributed by atoms with Crippen molar-refractivity contribution in [3.63, 3.8) is 0 Å². The van der Waals surface area contributed by atoms with Crippen LogP contribution >= 0.6 is 0 Å². The largest absolute Gasteiger partial charge is 0.451 e. The van der Waals surface area contributed by atoms with Crippen molar-refractivity contribution in [3.8, 4) is 0 Å². The van der Waals surface area contributed by atoms with Gasteiger partial charge in [-0.3, -0.25) is 4.79 Å². The number of carbonyl (C=O) groups is 2. The third-order valence-electron chi connectivity index (χ3n) is 2.53. The average Bonchev–Trinajstić information content (AvgIpc) is 2.39. The molecule has 0 aliphatic carbocycles. The lowest BCUT2D eigenvalue weighted by atomic mass is 10.1. The van der Waals surface area contributed by atoms with E-state index in [0.29, 0.717) is 5.56 Å². The minimum atomic E-state index is -0.787. The van der Waals surface area contributed by atoms with Gasteiger partial charge in [-0.1, -0.05) is 48.1 Å². The van der Waals surface area contributed by atoms with Gasteiger partial charge in [0, 0.05) is 11.6 Å². The van der Waals surface area contributed by atoms with Gasteiger partial charge in [0.1, 0.15) is 0 Å². The Balaban J connectivity index is 2.62. The number of hydrogen-bond donors (Lipinski definition) is 0. The molecule has 0 heterocycles. The van der Waals surface area contributed by atoms with Gasteiger partial charge in [-0.25, -0.2) is 4.79 Å². The van der Waals surface area contributed by atoms with Crippen molar-refractivity contribution in [1.29, 1.82) is 0 Å². The molecule has 0 spiro atoms. The van der Waals surface area contributed by atoms with E-state index < -0.39 is 12.1 Å². The Kier molecular flexibility index (Phi) is 5.73. The molecule has 3 nitrogen and oxygen atoms in total. The number of esters is 1. The Bertz CT molecular complexity index is 495. The van der Waals surface area contributed by atoms with Crippen LogP contribution in [0.25, 0.3) is 0 Å². The molecule has 0 saturated heterocycles. The molecule has 3 heteroatoms. The van der Waals surface area contributed by atoms with E-state index in [2.05, 4.69) is 0 Å². The monoisotopic (exact) mass is 258 g/mol. The van der Waals surface area contributed by atoms with Crippen LogP contribution in [0.1, 0.15) is 29.8 Å². The van der Waals surface area contributed by atoms with Gasteiger partial charge in [-0.2, -0.15) is 0 Å². The number of allylic oxidation sites excluding steroid dienone is 3. The molecule has 1 aromatic carbocycles. The number of Topliss-reactive ketones (excluding diaryl/α,β-unsaturated/α-hetero) is 1. The van der Waals surface area contributed by atoms with E-state index in [-0.39, 0.29) is 5.78 Å². The van der Waals surface area contributed by atoms with Crippen LogP contribution < -0.4 is 0 Å². The zero-order valence-corrected chi connectivity index (χ0v) is 11.4. The highest BCUT2D eigenvalue weighted by molar-refractivity contribution is 6.00. The number of ketones is 1. The van der Waals surface area contributed by atoms with Crippen LogP contribution in [0.5, 0.6) is 0 Å². The van der Waals surface area contributed by atoms with E-state index >= 15 is 0 Å². The molecule has 0 unspecified atom stereocenters. The lowest BCUT2D eigenvalue weighted by molar-refractivity contribution is -0.140. The Morgan fingerprint density at radius 1 is 1.16 bits per heavy atom. The van der Waals surface area contributed by atoms with Crippen molar-refractivity contribution >= 4 is 11.8 Å². The van der Waals surface area contributed by atoms with Crippen LogP contribution in [0, 0.1) is 6.92 Å². The zero-order chi connectivity index (χ0) is 14.3. The van der Waals surface area contributed by atoms with Crippen molar-refractivity contribution < 1.29 is 14.3 Å². The predicted octanol–water partition coefficient (Wildman–Crippen LogP) is 3.24. The zero-order valence-electron chi connectivity index (χ0n) is 11.4. The van der Waals surface area contributed by atoms with Crippen LogP contribution in [0.2, 0.25) is 0 Å². The van der Waals surface area contributed by atoms with Crippen molar-refractivity contribution in [1.82, 2.24) is 0 Å². The lowest BCUT2D eigenvalue weighted by Crippen LogP contribution is -2.23. The van der Waals surface area contributed by atoms with Crippen molar-refractivity contribution in [2.24, 2.45) is 0 Å². The highest BCUT2D eigenvalue weighted by atomic mass is 16.5. The minimum Gasteiger partial charge on any atom is -0.451 e. The summed E-state index contributed by atoms with van der Waals surface area (Å²) in [5.41, 5.74) is 1.62. The molecule has 0 amide bonds. The quantitative estimate of drug-likeness (QED) is 0.352. The SMILES string of the molecule is C/C=C/C=C/C(=O)O[C@@H](C)C(=O)c1ccc(C)cc1. The average molecular weight is 258 g/mol. The summed E-state index contributed by atoms with van der Waals surface area (Å²) in [6, 6.07) is 7.18. The first-order chi connectivity index (χ1) is 9.04. The molecule has 1 aromatic rings. The number of aryl methyl sites for hydroxylation is 1. The second kappa shape index (κ2) is 7.31. The number of ether oxygens (including phenoxy) is 1. The van der Waals surface area contributed by atoms with Gasteiger partial charge < -0.3 is 4.74 Å². The molecule has 0 radical (unpaired) electrons. The topological polar surface area (TPSA) is 43.4 Å². The van der Waals surface area contributed by atoms with Crippen molar-refractivity contribution in [2.75, 3.05) is 0 Å². The Morgan fingerprint density at radius 2 is 1.79 bits per heavy atom. The van der Waals surface area contributed by atoms with Crippen molar-refractivity contribution in [2.45, 2.75) is 26.9 Å². The first-order valence-corrected chi connectivity index (χ1v) is 6.15. The van der Waals surface area contributed by atoms with Gasteiger partial charge in [0.2, 0.25) is 5.78 Å². The summed E-state index contributed by atoms with van der Waals surface area (Å²) in [5.74, 6) is -0.723. The maximum absolute atomic E-state index is 12.0. The molecule has 0 N–H and O–H groups in total. The van der Waals surface area contributed by atoms with Gasteiger partial charge in [0.25, 0.3) is 0 Å². The molecule has 0 aliphatic rings. The van der Waals surface area contributed by atoms with E-state index in [9.17, 15) is 9.59 Å². The molecule has 19 heavy (non-hydrogen) atoms. The fourth-order valence-electron chi connectivity index (χ4n) is 1.46. The standard InChI is InChI=1S/C16H18O3/c1-4-5-6-7-15(17)19-13(3)16(18)14-10-8-12(2)9-11-14/h4-11,13H,1-3H3/b5-4+,7-6+/t13-/m0/s1. The Morgan fingerprint density at radius 3 is 2.37 bits per heavy atom. The summed E-state index contributed by atoms with van der Waals surface area (Å²) in [5, 5.41) is 0.